The first-order valence-electron chi connectivity index (χ1n) is 3.51. The summed E-state index contributed by atoms with van der Waals surface area (Å²) >= 11 is 0. The zero-order valence-corrected chi connectivity index (χ0v) is 7.36. The number of rotatable bonds is 2. The molecular formula is C9H17N. The summed E-state index contributed by atoms with van der Waals surface area (Å²) in [4.78, 5) is 0. The predicted octanol–water partition coefficient (Wildman–Crippen LogP) is 3.18. The topological polar surface area (TPSA) is 23.9 Å². The molecule has 0 aromatic rings. The maximum atomic E-state index is 6.96. The molecule has 0 heterocycles. The van der Waals surface area contributed by atoms with E-state index in [1.165, 1.54) is 0 Å². The molecule has 0 amide bonds. The number of allylic oxidation sites excluding steroid dienone is 3. The van der Waals surface area contributed by atoms with Crippen LogP contribution in [0.2, 0.25) is 0 Å². The molecule has 0 aromatic carbocycles. The molecule has 1 heteroatoms. The first-order chi connectivity index (χ1) is 4.63. The van der Waals surface area contributed by atoms with Crippen molar-refractivity contribution in [3.63, 3.8) is 0 Å². The Morgan fingerprint density at radius 2 is 1.60 bits per heavy atom. The van der Waals surface area contributed by atoms with Crippen LogP contribution in [0.5, 0.6) is 0 Å². The summed E-state index contributed by atoms with van der Waals surface area (Å²) in [5.74, 6) is 0. The van der Waals surface area contributed by atoms with Gasteiger partial charge in [0.2, 0.25) is 0 Å². The van der Waals surface area contributed by atoms with Crippen molar-refractivity contribution >= 4 is 5.71 Å². The molecule has 0 fully saturated rings. The Morgan fingerprint density at radius 1 is 1.20 bits per heavy atom. The third-order valence-electron chi connectivity index (χ3n) is 0.618. The lowest BCUT2D eigenvalue weighted by molar-refractivity contribution is 1.48. The first kappa shape index (κ1) is 11.9. The second-order valence-electron chi connectivity index (χ2n) is 1.86. The highest BCUT2D eigenvalue weighted by molar-refractivity contribution is 5.90. The fraction of sp³-hybridized carbons (Fsp3) is 0.444. The van der Waals surface area contributed by atoms with E-state index in [1.54, 1.807) is 13.0 Å². The van der Waals surface area contributed by atoms with Gasteiger partial charge in [0.15, 0.2) is 0 Å². The summed E-state index contributed by atoms with van der Waals surface area (Å²) in [6.45, 7) is 11.3. The molecule has 0 saturated heterocycles. The van der Waals surface area contributed by atoms with E-state index in [0.717, 1.165) is 5.57 Å². The van der Waals surface area contributed by atoms with Crippen LogP contribution in [0.3, 0.4) is 0 Å². The molecule has 0 aliphatic carbocycles. The zero-order valence-electron chi connectivity index (χ0n) is 7.36. The molecule has 0 atom stereocenters. The summed E-state index contributed by atoms with van der Waals surface area (Å²) in [6, 6.07) is 0. The molecule has 1 N–H and O–H groups in total. The summed E-state index contributed by atoms with van der Waals surface area (Å²) in [6.07, 6.45) is 3.55. The summed E-state index contributed by atoms with van der Waals surface area (Å²) in [7, 11) is 0. The Bertz CT molecular complexity index is 116. The van der Waals surface area contributed by atoms with Gasteiger partial charge in [-0.1, -0.05) is 32.1 Å². The van der Waals surface area contributed by atoms with Crippen molar-refractivity contribution < 1.29 is 0 Å². The van der Waals surface area contributed by atoms with Crippen molar-refractivity contribution in [2.75, 3.05) is 0 Å². The maximum absolute atomic E-state index is 6.96. The van der Waals surface area contributed by atoms with Crippen LogP contribution in [0.4, 0.5) is 0 Å². The van der Waals surface area contributed by atoms with Crippen LogP contribution in [0.1, 0.15) is 27.7 Å². The number of hydrogen-bond acceptors (Lipinski definition) is 1. The van der Waals surface area contributed by atoms with Crippen LogP contribution < -0.4 is 0 Å². The van der Waals surface area contributed by atoms with Gasteiger partial charge in [0.05, 0.1) is 0 Å². The average molecular weight is 139 g/mol. The minimum Gasteiger partial charge on any atom is -0.306 e. The van der Waals surface area contributed by atoms with Crippen LogP contribution >= 0.6 is 0 Å². The molecule has 0 aliphatic heterocycles. The van der Waals surface area contributed by atoms with Gasteiger partial charge in [0.1, 0.15) is 0 Å². The van der Waals surface area contributed by atoms with Crippen molar-refractivity contribution in [1.29, 1.82) is 5.41 Å². The molecule has 0 spiro atoms. The van der Waals surface area contributed by atoms with Gasteiger partial charge in [0.25, 0.3) is 0 Å². The lowest BCUT2D eigenvalue weighted by Crippen LogP contribution is -1.77. The van der Waals surface area contributed by atoms with Crippen LogP contribution in [0.25, 0.3) is 0 Å². The highest BCUT2D eigenvalue weighted by Gasteiger charge is 1.74. The van der Waals surface area contributed by atoms with Crippen LogP contribution in [0, 0.1) is 5.41 Å². The van der Waals surface area contributed by atoms with Crippen molar-refractivity contribution in [3.05, 3.63) is 24.3 Å². The molecule has 10 heavy (non-hydrogen) atoms. The molecule has 1 nitrogen and oxygen atoms in total. The predicted molar refractivity (Wildman–Crippen MR) is 48.7 cm³/mol. The largest absolute Gasteiger partial charge is 0.306 e. The van der Waals surface area contributed by atoms with E-state index in [9.17, 15) is 0 Å². The minimum absolute atomic E-state index is 0.563. The third kappa shape index (κ3) is 15.7. The van der Waals surface area contributed by atoms with E-state index < -0.39 is 0 Å². The fourth-order valence-electron chi connectivity index (χ4n) is 0.267. The summed E-state index contributed by atoms with van der Waals surface area (Å²) < 4.78 is 0. The lowest BCUT2D eigenvalue weighted by atomic mass is 10.3. The molecule has 0 bridgehead atoms. The van der Waals surface area contributed by atoms with Gasteiger partial charge in [-0.05, 0) is 19.9 Å². The van der Waals surface area contributed by atoms with Gasteiger partial charge in [-0.15, -0.1) is 0 Å². The van der Waals surface area contributed by atoms with Crippen molar-refractivity contribution in [2.24, 2.45) is 0 Å². The molecule has 0 aliphatic rings. The van der Waals surface area contributed by atoms with Gasteiger partial charge in [-0.3, -0.25) is 0 Å². The standard InChI is InChI=1S/C7H11N.C2H6/c1-6(2)4-5-7(3)8;1-2/h4-5,8H,1H2,2-3H3;1-2H3/b5-4-,8-7?;. The van der Waals surface area contributed by atoms with E-state index in [1.807, 2.05) is 26.8 Å². The van der Waals surface area contributed by atoms with Gasteiger partial charge in [-0.25, -0.2) is 0 Å². The minimum atomic E-state index is 0.563. The number of hydrogen-bond donors (Lipinski definition) is 1. The van der Waals surface area contributed by atoms with Gasteiger partial charge < -0.3 is 5.41 Å². The van der Waals surface area contributed by atoms with Gasteiger partial charge in [-0.2, -0.15) is 0 Å². The van der Waals surface area contributed by atoms with Crippen LogP contribution in [0.15, 0.2) is 24.3 Å². The van der Waals surface area contributed by atoms with E-state index >= 15 is 0 Å². The monoisotopic (exact) mass is 139 g/mol. The lowest BCUT2D eigenvalue weighted by Gasteiger charge is -1.82. The fourth-order valence-corrected chi connectivity index (χ4v) is 0.267. The second kappa shape index (κ2) is 8.15. The second-order valence-corrected chi connectivity index (χ2v) is 1.86. The molecule has 0 radical (unpaired) electrons. The highest BCUT2D eigenvalue weighted by atomic mass is 14.4. The molecule has 0 aromatic heterocycles. The van der Waals surface area contributed by atoms with Crippen molar-refractivity contribution in [3.8, 4) is 0 Å². The Kier molecular flexibility index (Phi) is 9.69. The van der Waals surface area contributed by atoms with E-state index in [2.05, 4.69) is 6.58 Å². The van der Waals surface area contributed by atoms with Gasteiger partial charge in [0, 0.05) is 5.71 Å². The first-order valence-corrected chi connectivity index (χ1v) is 3.51. The quantitative estimate of drug-likeness (QED) is 0.449. The Labute approximate surface area is 64.0 Å². The average Bonchev–Trinajstić information content (AvgIpc) is 1.89. The van der Waals surface area contributed by atoms with Crippen LogP contribution in [-0.2, 0) is 0 Å². The Balaban J connectivity index is 0. The van der Waals surface area contributed by atoms with E-state index in [4.69, 9.17) is 5.41 Å². The smallest absolute Gasteiger partial charge is 0.0283 e. The van der Waals surface area contributed by atoms with Crippen molar-refractivity contribution in [2.45, 2.75) is 27.7 Å². The molecule has 0 unspecified atom stereocenters. The molecular weight excluding hydrogens is 122 g/mol. The normalized spacial score (nSPS) is 8.40. The maximum Gasteiger partial charge on any atom is 0.0283 e. The van der Waals surface area contributed by atoms with Crippen molar-refractivity contribution in [1.82, 2.24) is 0 Å². The molecule has 0 saturated carbocycles. The number of nitrogens with one attached hydrogen (secondary N) is 1. The van der Waals surface area contributed by atoms with Gasteiger partial charge >= 0.3 is 0 Å². The van der Waals surface area contributed by atoms with E-state index in [0.29, 0.717) is 5.71 Å². The Hall–Kier alpha value is -0.850. The molecule has 58 valence electrons. The molecule has 0 rings (SSSR count). The van der Waals surface area contributed by atoms with Crippen LogP contribution in [-0.4, -0.2) is 5.71 Å². The highest BCUT2D eigenvalue weighted by Crippen LogP contribution is 1.87. The summed E-state index contributed by atoms with van der Waals surface area (Å²) in [5.41, 5.74) is 1.55. The third-order valence-corrected chi connectivity index (χ3v) is 0.618. The zero-order chi connectivity index (χ0) is 8.57. The SMILES string of the molecule is C=C(C)/C=C\C(C)=N.CC. The van der Waals surface area contributed by atoms with E-state index in [-0.39, 0.29) is 0 Å². The Morgan fingerprint density at radius 3 is 1.70 bits per heavy atom. The summed E-state index contributed by atoms with van der Waals surface area (Å²) in [5, 5.41) is 6.96.